The quantitative estimate of drug-likeness (QED) is 0.746. The summed E-state index contributed by atoms with van der Waals surface area (Å²) in [5.74, 6) is 1.61. The molecule has 144 valence electrons. The number of piperidine rings is 1. The summed E-state index contributed by atoms with van der Waals surface area (Å²) in [6, 6.07) is 17.5. The van der Waals surface area contributed by atoms with E-state index in [0.717, 1.165) is 43.9 Å². The molecular formula is C24H28N4. The first-order valence-corrected chi connectivity index (χ1v) is 10.5. The summed E-state index contributed by atoms with van der Waals surface area (Å²) in [5.41, 5.74) is 4.30. The molecule has 1 spiro atoms. The molecule has 2 aliphatic heterocycles. The Morgan fingerprint density at radius 3 is 2.61 bits per heavy atom. The molecular weight excluding hydrogens is 344 g/mol. The fourth-order valence-electron chi connectivity index (χ4n) is 4.91. The van der Waals surface area contributed by atoms with Crippen LogP contribution in [0.15, 0.2) is 54.9 Å². The van der Waals surface area contributed by atoms with Crippen LogP contribution < -0.4 is 10.2 Å². The summed E-state index contributed by atoms with van der Waals surface area (Å²) in [6.45, 7) is 6.87. The van der Waals surface area contributed by atoms with E-state index in [1.807, 2.05) is 0 Å². The van der Waals surface area contributed by atoms with E-state index in [4.69, 9.17) is 0 Å². The van der Waals surface area contributed by atoms with Gasteiger partial charge >= 0.3 is 0 Å². The van der Waals surface area contributed by atoms with Crippen molar-refractivity contribution in [3.05, 3.63) is 66.0 Å². The minimum absolute atomic E-state index is 0.494. The summed E-state index contributed by atoms with van der Waals surface area (Å²) in [4.78, 5) is 11.7. The number of anilines is 1. The van der Waals surface area contributed by atoms with Crippen LogP contribution in [0, 0.1) is 5.41 Å². The molecule has 4 heteroatoms. The standard InChI is InChI=1S/C24H28N4/c1-18(20-5-3-2-4-6-20)13-19-7-8-22-21(14-19)23(27-17-26-22)28-15-24(16-28)9-11-25-12-10-24/h2-8,14,17-18,25H,9-13,15-16H2,1H3/t18-/m1/s1. The molecule has 2 aliphatic rings. The van der Waals surface area contributed by atoms with Gasteiger partial charge in [0.05, 0.1) is 5.52 Å². The van der Waals surface area contributed by atoms with Gasteiger partial charge < -0.3 is 10.2 Å². The summed E-state index contributed by atoms with van der Waals surface area (Å²) in [7, 11) is 0. The Labute approximate surface area is 167 Å². The van der Waals surface area contributed by atoms with Gasteiger partial charge in [0, 0.05) is 23.9 Å². The fourth-order valence-corrected chi connectivity index (χ4v) is 4.91. The molecule has 5 rings (SSSR count). The summed E-state index contributed by atoms with van der Waals surface area (Å²) in [5, 5.41) is 4.69. The van der Waals surface area contributed by atoms with Gasteiger partial charge in [-0.25, -0.2) is 9.97 Å². The molecule has 0 unspecified atom stereocenters. The van der Waals surface area contributed by atoms with Gasteiger partial charge in [-0.3, -0.25) is 0 Å². The average Bonchev–Trinajstić information content (AvgIpc) is 2.73. The number of hydrogen-bond donors (Lipinski definition) is 1. The Morgan fingerprint density at radius 1 is 1.04 bits per heavy atom. The second kappa shape index (κ2) is 7.17. The maximum absolute atomic E-state index is 4.68. The molecule has 1 atom stereocenters. The van der Waals surface area contributed by atoms with Crippen LogP contribution in [-0.4, -0.2) is 36.1 Å². The third kappa shape index (κ3) is 3.26. The van der Waals surface area contributed by atoms with Crippen LogP contribution in [0.2, 0.25) is 0 Å². The maximum Gasteiger partial charge on any atom is 0.139 e. The lowest BCUT2D eigenvalue weighted by Gasteiger charge is -2.53. The zero-order chi connectivity index (χ0) is 19.0. The van der Waals surface area contributed by atoms with Crippen molar-refractivity contribution >= 4 is 16.7 Å². The van der Waals surface area contributed by atoms with E-state index in [9.17, 15) is 0 Å². The third-order valence-corrected chi connectivity index (χ3v) is 6.61. The topological polar surface area (TPSA) is 41.1 Å². The zero-order valence-corrected chi connectivity index (χ0v) is 16.6. The van der Waals surface area contributed by atoms with Crippen LogP contribution in [-0.2, 0) is 6.42 Å². The lowest BCUT2D eigenvalue weighted by atomic mass is 9.72. The van der Waals surface area contributed by atoms with Crippen LogP contribution in [0.4, 0.5) is 5.82 Å². The zero-order valence-electron chi connectivity index (χ0n) is 16.6. The summed E-state index contributed by atoms with van der Waals surface area (Å²) < 4.78 is 0. The molecule has 3 heterocycles. The van der Waals surface area contributed by atoms with Crippen molar-refractivity contribution in [2.75, 3.05) is 31.1 Å². The van der Waals surface area contributed by atoms with Crippen molar-refractivity contribution < 1.29 is 0 Å². The number of nitrogens with one attached hydrogen (secondary N) is 1. The smallest absolute Gasteiger partial charge is 0.139 e. The molecule has 1 aromatic heterocycles. The Morgan fingerprint density at radius 2 is 1.82 bits per heavy atom. The van der Waals surface area contributed by atoms with Gasteiger partial charge in [0.25, 0.3) is 0 Å². The van der Waals surface area contributed by atoms with Crippen molar-refractivity contribution in [3.8, 4) is 0 Å². The number of nitrogens with zero attached hydrogens (tertiary/aromatic N) is 3. The highest BCUT2D eigenvalue weighted by atomic mass is 15.3. The molecule has 0 saturated carbocycles. The van der Waals surface area contributed by atoms with Crippen molar-refractivity contribution in [2.45, 2.75) is 32.1 Å². The minimum Gasteiger partial charge on any atom is -0.355 e. The lowest BCUT2D eigenvalue weighted by molar-refractivity contribution is 0.149. The Kier molecular flexibility index (Phi) is 4.52. The summed E-state index contributed by atoms with van der Waals surface area (Å²) >= 11 is 0. The van der Waals surface area contributed by atoms with E-state index in [2.05, 4.69) is 75.6 Å². The van der Waals surface area contributed by atoms with Crippen LogP contribution >= 0.6 is 0 Å². The normalized spacial score (nSPS) is 19.5. The van der Waals surface area contributed by atoms with Crippen molar-refractivity contribution in [2.24, 2.45) is 5.41 Å². The van der Waals surface area contributed by atoms with Gasteiger partial charge in [0.15, 0.2) is 0 Å². The molecule has 4 nitrogen and oxygen atoms in total. The van der Waals surface area contributed by atoms with E-state index >= 15 is 0 Å². The van der Waals surface area contributed by atoms with E-state index in [1.165, 1.54) is 29.4 Å². The largest absolute Gasteiger partial charge is 0.355 e. The second-order valence-corrected chi connectivity index (χ2v) is 8.67. The predicted octanol–water partition coefficient (Wildman–Crippen LogP) is 4.17. The highest BCUT2D eigenvalue weighted by Gasteiger charge is 2.44. The monoisotopic (exact) mass is 372 g/mol. The Bertz CT molecular complexity index is 955. The van der Waals surface area contributed by atoms with E-state index in [0.29, 0.717) is 11.3 Å². The fraction of sp³-hybridized carbons (Fsp3) is 0.417. The van der Waals surface area contributed by atoms with Crippen molar-refractivity contribution in [3.63, 3.8) is 0 Å². The van der Waals surface area contributed by atoms with Crippen molar-refractivity contribution in [1.82, 2.24) is 15.3 Å². The van der Waals surface area contributed by atoms with Gasteiger partial charge in [-0.05, 0) is 61.5 Å². The van der Waals surface area contributed by atoms with Crippen LogP contribution in [0.5, 0.6) is 0 Å². The first-order chi connectivity index (χ1) is 13.7. The molecule has 0 aliphatic carbocycles. The predicted molar refractivity (Wildman–Crippen MR) is 115 cm³/mol. The number of aromatic nitrogens is 2. The number of fused-ring (bicyclic) bond motifs is 1. The lowest BCUT2D eigenvalue weighted by Crippen LogP contribution is -2.60. The minimum atomic E-state index is 0.494. The average molecular weight is 373 g/mol. The number of benzene rings is 2. The number of rotatable bonds is 4. The highest BCUT2D eigenvalue weighted by Crippen LogP contribution is 2.42. The van der Waals surface area contributed by atoms with E-state index < -0.39 is 0 Å². The highest BCUT2D eigenvalue weighted by molar-refractivity contribution is 5.90. The van der Waals surface area contributed by atoms with Crippen LogP contribution in [0.1, 0.15) is 36.8 Å². The molecule has 28 heavy (non-hydrogen) atoms. The van der Waals surface area contributed by atoms with Crippen LogP contribution in [0.25, 0.3) is 10.9 Å². The summed E-state index contributed by atoms with van der Waals surface area (Å²) in [6.07, 6.45) is 5.32. The van der Waals surface area contributed by atoms with Crippen LogP contribution in [0.3, 0.4) is 0 Å². The molecule has 0 amide bonds. The van der Waals surface area contributed by atoms with Crippen molar-refractivity contribution in [1.29, 1.82) is 0 Å². The van der Waals surface area contributed by atoms with Gasteiger partial charge in [-0.15, -0.1) is 0 Å². The molecule has 0 bridgehead atoms. The van der Waals surface area contributed by atoms with Gasteiger partial charge in [-0.1, -0.05) is 43.3 Å². The molecule has 2 fully saturated rings. The first kappa shape index (κ1) is 17.6. The molecule has 0 radical (unpaired) electrons. The molecule has 3 aromatic rings. The first-order valence-electron chi connectivity index (χ1n) is 10.5. The van der Waals surface area contributed by atoms with E-state index in [-0.39, 0.29) is 0 Å². The van der Waals surface area contributed by atoms with Gasteiger partial charge in [-0.2, -0.15) is 0 Å². The molecule has 1 N–H and O–H groups in total. The Balaban J connectivity index is 1.39. The second-order valence-electron chi connectivity index (χ2n) is 8.67. The SMILES string of the molecule is C[C@H](Cc1ccc2ncnc(N3CC4(CCNCC4)C3)c2c1)c1ccccc1. The number of hydrogen-bond acceptors (Lipinski definition) is 4. The van der Waals surface area contributed by atoms with Gasteiger partial charge in [0.1, 0.15) is 12.1 Å². The Hall–Kier alpha value is -2.46. The molecule has 2 saturated heterocycles. The van der Waals surface area contributed by atoms with E-state index in [1.54, 1.807) is 6.33 Å². The maximum atomic E-state index is 4.68. The van der Waals surface area contributed by atoms with Gasteiger partial charge in [0.2, 0.25) is 0 Å². The third-order valence-electron chi connectivity index (χ3n) is 6.61. The molecule has 2 aromatic carbocycles.